The van der Waals surface area contributed by atoms with Crippen LogP contribution in [0.2, 0.25) is 0 Å². The molecule has 1 aliphatic rings. The van der Waals surface area contributed by atoms with Gasteiger partial charge in [-0.05, 0) is 20.9 Å². The van der Waals surface area contributed by atoms with Crippen LogP contribution in [0.3, 0.4) is 0 Å². The van der Waals surface area contributed by atoms with Crippen LogP contribution in [0.25, 0.3) is 0 Å². The van der Waals surface area contributed by atoms with Gasteiger partial charge in [-0.25, -0.2) is 9.59 Å². The third kappa shape index (κ3) is 3.58. The third-order valence-electron chi connectivity index (χ3n) is 3.34. The van der Waals surface area contributed by atoms with E-state index in [2.05, 4.69) is 10.2 Å². The van der Waals surface area contributed by atoms with Crippen LogP contribution in [-0.4, -0.2) is 76.9 Å². The summed E-state index contributed by atoms with van der Waals surface area (Å²) in [5.41, 5.74) is -0.110. The van der Waals surface area contributed by atoms with Gasteiger partial charge in [0.25, 0.3) is 0 Å². The van der Waals surface area contributed by atoms with E-state index in [1.54, 1.807) is 4.90 Å². The van der Waals surface area contributed by atoms with Gasteiger partial charge in [0.2, 0.25) is 0 Å². The predicted molar refractivity (Wildman–Crippen MR) is 65.3 cm³/mol. The van der Waals surface area contributed by atoms with Crippen LogP contribution in [0.5, 0.6) is 0 Å². The summed E-state index contributed by atoms with van der Waals surface area (Å²) >= 11 is 0. The lowest BCUT2D eigenvalue weighted by molar-refractivity contribution is -0.146. The summed E-state index contributed by atoms with van der Waals surface area (Å²) < 4.78 is 0. The number of nitrogens with one attached hydrogen (secondary N) is 1. The summed E-state index contributed by atoms with van der Waals surface area (Å²) in [4.78, 5) is 26.0. The lowest BCUT2D eigenvalue weighted by Crippen LogP contribution is -2.60. The highest BCUT2D eigenvalue weighted by Crippen LogP contribution is 2.18. The first-order valence-electron chi connectivity index (χ1n) is 5.89. The molecule has 0 aromatic rings. The van der Waals surface area contributed by atoms with Gasteiger partial charge in [0.05, 0.1) is 6.54 Å². The van der Waals surface area contributed by atoms with Crippen molar-refractivity contribution in [2.24, 2.45) is 0 Å². The molecule has 18 heavy (non-hydrogen) atoms. The number of likely N-dealkylation sites (N-methyl/N-ethyl adjacent to an activating group) is 1. The molecule has 0 spiro atoms. The van der Waals surface area contributed by atoms with E-state index in [4.69, 9.17) is 10.2 Å². The lowest BCUT2D eigenvalue weighted by Gasteiger charge is -2.45. The molecule has 1 atom stereocenters. The maximum absolute atomic E-state index is 11.8. The molecule has 0 aromatic heterocycles. The van der Waals surface area contributed by atoms with Crippen molar-refractivity contribution >= 4 is 12.0 Å². The molecule has 0 aliphatic carbocycles. The number of aliphatic carboxylic acids is 1. The topological polar surface area (TPSA) is 93.1 Å². The minimum Gasteiger partial charge on any atom is -0.479 e. The Labute approximate surface area is 106 Å². The first kappa shape index (κ1) is 14.7. The number of aliphatic hydroxyl groups excluding tert-OH is 1. The number of hydrogen-bond donors (Lipinski definition) is 3. The quantitative estimate of drug-likeness (QED) is 0.615. The number of rotatable bonds is 3. The Morgan fingerprint density at radius 1 is 1.39 bits per heavy atom. The first-order chi connectivity index (χ1) is 8.24. The highest BCUT2D eigenvalue weighted by molar-refractivity contribution is 5.77. The average molecular weight is 259 g/mol. The van der Waals surface area contributed by atoms with E-state index in [1.165, 1.54) is 0 Å². The predicted octanol–water partition coefficient (Wildman–Crippen LogP) is -0.832. The summed E-state index contributed by atoms with van der Waals surface area (Å²) in [6.07, 6.45) is -1.56. The van der Waals surface area contributed by atoms with Gasteiger partial charge in [-0.2, -0.15) is 0 Å². The molecule has 0 saturated carbocycles. The van der Waals surface area contributed by atoms with Crippen molar-refractivity contribution in [1.82, 2.24) is 15.1 Å². The van der Waals surface area contributed by atoms with E-state index >= 15 is 0 Å². The van der Waals surface area contributed by atoms with E-state index in [0.29, 0.717) is 13.1 Å². The second kappa shape index (κ2) is 5.53. The fraction of sp³-hybridized carbons (Fsp3) is 0.818. The highest BCUT2D eigenvalue weighted by Gasteiger charge is 2.33. The van der Waals surface area contributed by atoms with Crippen molar-refractivity contribution in [2.75, 3.05) is 33.2 Å². The smallest absolute Gasteiger partial charge is 0.334 e. The Hall–Kier alpha value is -1.34. The van der Waals surface area contributed by atoms with Gasteiger partial charge in [-0.15, -0.1) is 0 Å². The van der Waals surface area contributed by atoms with Crippen molar-refractivity contribution < 1.29 is 19.8 Å². The first-order valence-corrected chi connectivity index (χ1v) is 5.89. The number of carboxylic acid groups (broad SMARTS) is 1. The molecule has 2 amide bonds. The van der Waals surface area contributed by atoms with Gasteiger partial charge in [-0.3, -0.25) is 4.90 Å². The second-order valence-electron chi connectivity index (χ2n) is 5.20. The lowest BCUT2D eigenvalue weighted by atomic mass is 10.0. The minimum atomic E-state index is -1.56. The minimum absolute atomic E-state index is 0.110. The zero-order chi connectivity index (χ0) is 13.9. The van der Waals surface area contributed by atoms with E-state index in [9.17, 15) is 9.59 Å². The maximum Gasteiger partial charge on any atom is 0.334 e. The molecule has 7 heteroatoms. The third-order valence-corrected chi connectivity index (χ3v) is 3.34. The van der Waals surface area contributed by atoms with Crippen LogP contribution in [0.1, 0.15) is 13.8 Å². The van der Waals surface area contributed by atoms with Crippen molar-refractivity contribution in [3.05, 3.63) is 0 Å². The Morgan fingerprint density at radius 2 is 2.00 bits per heavy atom. The molecule has 1 saturated heterocycles. The number of carbonyl (C=O) groups is 2. The molecule has 0 aromatic carbocycles. The van der Waals surface area contributed by atoms with E-state index in [1.807, 2.05) is 20.9 Å². The highest BCUT2D eigenvalue weighted by atomic mass is 16.4. The summed E-state index contributed by atoms with van der Waals surface area (Å²) in [7, 11) is 2.00. The Kier molecular flexibility index (Phi) is 4.53. The normalized spacial score (nSPS) is 21.4. The number of carbonyl (C=O) groups excluding carboxylic acids is 1. The van der Waals surface area contributed by atoms with Crippen molar-refractivity contribution in [3.8, 4) is 0 Å². The van der Waals surface area contributed by atoms with Crippen LogP contribution in [0.15, 0.2) is 0 Å². The maximum atomic E-state index is 11.8. The molecular formula is C11H21N3O4. The SMILES string of the molecule is CN1CCN(C(=O)NCC(O)C(=O)O)CC1(C)C. The Morgan fingerprint density at radius 3 is 2.50 bits per heavy atom. The molecule has 0 radical (unpaired) electrons. The summed E-state index contributed by atoms with van der Waals surface area (Å²) in [5.74, 6) is -1.34. The number of carboxylic acids is 1. The van der Waals surface area contributed by atoms with Crippen LogP contribution in [-0.2, 0) is 4.79 Å². The molecule has 1 aliphatic heterocycles. The molecule has 1 rings (SSSR count). The molecule has 1 unspecified atom stereocenters. The van der Waals surface area contributed by atoms with Gasteiger partial charge in [0, 0.05) is 25.2 Å². The number of hydrogen-bond acceptors (Lipinski definition) is 4. The zero-order valence-electron chi connectivity index (χ0n) is 11.0. The van der Waals surface area contributed by atoms with Crippen LogP contribution in [0.4, 0.5) is 4.79 Å². The molecule has 1 heterocycles. The molecule has 104 valence electrons. The summed E-state index contributed by atoms with van der Waals surface area (Å²) in [6.45, 7) is 5.73. The number of urea groups is 1. The van der Waals surface area contributed by atoms with Crippen LogP contribution in [0, 0.1) is 0 Å². The fourth-order valence-electron chi connectivity index (χ4n) is 1.80. The molecule has 7 nitrogen and oxygen atoms in total. The van der Waals surface area contributed by atoms with Crippen LogP contribution >= 0.6 is 0 Å². The zero-order valence-corrected chi connectivity index (χ0v) is 11.0. The molecular weight excluding hydrogens is 238 g/mol. The van der Waals surface area contributed by atoms with E-state index in [-0.39, 0.29) is 18.1 Å². The standard InChI is InChI=1S/C11H21N3O4/c1-11(2)7-14(5-4-13(11)3)10(18)12-6-8(15)9(16)17/h8,15H,4-7H2,1-3H3,(H,12,18)(H,16,17). The number of aliphatic hydroxyl groups is 1. The summed E-state index contributed by atoms with van der Waals surface area (Å²) in [5, 5.41) is 20.0. The summed E-state index contributed by atoms with van der Waals surface area (Å²) in [6, 6.07) is -0.337. The van der Waals surface area contributed by atoms with Gasteiger partial charge >= 0.3 is 12.0 Å². The molecule has 0 bridgehead atoms. The molecule has 1 fully saturated rings. The average Bonchev–Trinajstić information content (AvgIpc) is 2.28. The van der Waals surface area contributed by atoms with Gasteiger partial charge in [0.15, 0.2) is 6.10 Å². The van der Waals surface area contributed by atoms with Gasteiger partial charge < -0.3 is 20.4 Å². The Bertz CT molecular complexity index is 332. The van der Waals surface area contributed by atoms with E-state index in [0.717, 1.165) is 6.54 Å². The Balaban J connectivity index is 2.46. The fourth-order valence-corrected chi connectivity index (χ4v) is 1.80. The number of amides is 2. The van der Waals surface area contributed by atoms with Crippen molar-refractivity contribution in [1.29, 1.82) is 0 Å². The molecule has 3 N–H and O–H groups in total. The number of nitrogens with zero attached hydrogens (tertiary/aromatic N) is 2. The van der Waals surface area contributed by atoms with E-state index < -0.39 is 12.1 Å². The second-order valence-corrected chi connectivity index (χ2v) is 5.20. The van der Waals surface area contributed by atoms with Crippen LogP contribution < -0.4 is 5.32 Å². The monoisotopic (exact) mass is 259 g/mol. The number of piperazine rings is 1. The largest absolute Gasteiger partial charge is 0.479 e. The van der Waals surface area contributed by atoms with Crippen molar-refractivity contribution in [2.45, 2.75) is 25.5 Å². The van der Waals surface area contributed by atoms with Crippen molar-refractivity contribution in [3.63, 3.8) is 0 Å². The van der Waals surface area contributed by atoms with Gasteiger partial charge in [0.1, 0.15) is 0 Å². The van der Waals surface area contributed by atoms with Gasteiger partial charge in [-0.1, -0.05) is 0 Å².